The average molecular weight is 444 g/mol. The van der Waals surface area contributed by atoms with Crippen LogP contribution in [0.25, 0.3) is 0 Å². The van der Waals surface area contributed by atoms with E-state index in [1.165, 1.54) is 4.90 Å². The maximum absolute atomic E-state index is 12.9. The highest BCUT2D eigenvalue weighted by Gasteiger charge is 2.48. The lowest BCUT2D eigenvalue weighted by atomic mass is 9.82. The molecule has 2 saturated heterocycles. The molecular formula is C26H24N2O5. The Balaban J connectivity index is 1.24. The molecule has 5 rings (SSSR count). The number of fused-ring (bicyclic) bond motifs is 1. The molecule has 0 N–H and O–H groups in total. The second kappa shape index (κ2) is 8.31. The third-order valence-electron chi connectivity index (χ3n) is 6.66. The zero-order valence-corrected chi connectivity index (χ0v) is 18.3. The Bertz CT molecular complexity index is 1150. The molecular weight excluding hydrogens is 420 g/mol. The minimum Gasteiger partial charge on any atom is -0.426 e. The molecule has 0 saturated carbocycles. The molecule has 2 aliphatic heterocycles. The molecule has 0 aromatic heterocycles. The number of imide groups is 1. The van der Waals surface area contributed by atoms with Gasteiger partial charge in [-0.1, -0.05) is 29.8 Å². The van der Waals surface area contributed by atoms with Gasteiger partial charge in [-0.25, -0.2) is 0 Å². The Labute approximate surface area is 191 Å². The van der Waals surface area contributed by atoms with E-state index in [4.69, 9.17) is 4.74 Å². The number of allylic oxidation sites excluding steroid dienone is 2. The van der Waals surface area contributed by atoms with Crippen LogP contribution in [-0.4, -0.2) is 30.2 Å². The summed E-state index contributed by atoms with van der Waals surface area (Å²) in [7, 11) is 0. The maximum atomic E-state index is 12.9. The van der Waals surface area contributed by atoms with Gasteiger partial charge in [-0.05, 0) is 56.2 Å². The van der Waals surface area contributed by atoms with Crippen molar-refractivity contribution in [2.24, 2.45) is 17.8 Å². The highest BCUT2D eigenvalue weighted by atomic mass is 16.5. The zero-order valence-electron chi connectivity index (χ0n) is 18.3. The predicted octanol–water partition coefficient (Wildman–Crippen LogP) is 3.49. The number of carbonyl (C=O) groups is 4. The summed E-state index contributed by atoms with van der Waals surface area (Å²) in [5, 5.41) is 0. The molecule has 33 heavy (non-hydrogen) atoms. The lowest BCUT2D eigenvalue weighted by Crippen LogP contribution is -2.30. The highest BCUT2D eigenvalue weighted by Crippen LogP contribution is 2.40. The number of anilines is 2. The van der Waals surface area contributed by atoms with Crippen molar-refractivity contribution in [2.45, 2.75) is 26.2 Å². The van der Waals surface area contributed by atoms with E-state index in [-0.39, 0.29) is 42.5 Å². The van der Waals surface area contributed by atoms with Gasteiger partial charge in [-0.3, -0.25) is 24.1 Å². The van der Waals surface area contributed by atoms with Crippen LogP contribution < -0.4 is 14.5 Å². The Morgan fingerprint density at radius 1 is 0.879 bits per heavy atom. The summed E-state index contributed by atoms with van der Waals surface area (Å²) in [5.41, 5.74) is 2.37. The van der Waals surface area contributed by atoms with Crippen LogP contribution in [0.5, 0.6) is 5.75 Å². The van der Waals surface area contributed by atoms with E-state index in [1.807, 2.05) is 43.3 Å². The summed E-state index contributed by atoms with van der Waals surface area (Å²) in [6.45, 7) is 2.25. The summed E-state index contributed by atoms with van der Waals surface area (Å²) >= 11 is 0. The van der Waals surface area contributed by atoms with E-state index in [2.05, 4.69) is 0 Å². The maximum Gasteiger partial charge on any atom is 0.316 e. The van der Waals surface area contributed by atoms with E-state index in [0.29, 0.717) is 24.3 Å². The molecule has 0 unspecified atom stereocenters. The Morgan fingerprint density at radius 2 is 1.58 bits per heavy atom. The molecule has 7 nitrogen and oxygen atoms in total. The third-order valence-corrected chi connectivity index (χ3v) is 6.66. The second-order valence-electron chi connectivity index (χ2n) is 8.87. The van der Waals surface area contributed by atoms with Gasteiger partial charge in [0, 0.05) is 18.7 Å². The molecule has 168 valence electrons. The van der Waals surface area contributed by atoms with E-state index >= 15 is 0 Å². The van der Waals surface area contributed by atoms with E-state index in [1.54, 1.807) is 29.2 Å². The lowest BCUT2D eigenvalue weighted by Gasteiger charge is -2.18. The van der Waals surface area contributed by atoms with Gasteiger partial charge >= 0.3 is 5.97 Å². The van der Waals surface area contributed by atoms with Crippen molar-refractivity contribution in [3.8, 4) is 5.75 Å². The van der Waals surface area contributed by atoms with Crippen molar-refractivity contribution < 1.29 is 23.9 Å². The summed E-state index contributed by atoms with van der Waals surface area (Å²) in [4.78, 5) is 53.6. The zero-order chi connectivity index (χ0) is 23.1. The first-order valence-electron chi connectivity index (χ1n) is 11.1. The molecule has 1 aliphatic carbocycles. The number of para-hydroxylation sites is 1. The number of ether oxygens (including phenoxy) is 1. The minimum absolute atomic E-state index is 0.0961. The van der Waals surface area contributed by atoms with Gasteiger partial charge in [0.15, 0.2) is 0 Å². The number of hydrogen-bond acceptors (Lipinski definition) is 5. The predicted molar refractivity (Wildman–Crippen MR) is 121 cm³/mol. The molecule has 0 bridgehead atoms. The van der Waals surface area contributed by atoms with Crippen molar-refractivity contribution in [3.05, 3.63) is 66.2 Å². The monoisotopic (exact) mass is 444 g/mol. The molecule has 7 heteroatoms. The minimum atomic E-state index is -0.557. The molecule has 2 aromatic rings. The van der Waals surface area contributed by atoms with Crippen LogP contribution in [0.3, 0.4) is 0 Å². The molecule has 3 atom stereocenters. The molecule has 0 spiro atoms. The first-order chi connectivity index (χ1) is 15.9. The van der Waals surface area contributed by atoms with E-state index in [0.717, 1.165) is 11.3 Å². The molecule has 2 heterocycles. The van der Waals surface area contributed by atoms with Crippen LogP contribution in [0.1, 0.15) is 26.2 Å². The Kier molecular flexibility index (Phi) is 5.32. The van der Waals surface area contributed by atoms with Crippen LogP contribution in [0.2, 0.25) is 0 Å². The SMILES string of the molecule is CC1=CC[C@@H]2C(=O)N(c3ccc(OC(=O)[C@H]4CC(=O)N(c5ccccc5)C4)cc3)C(=O)[C@H]2C1. The van der Waals surface area contributed by atoms with Crippen molar-refractivity contribution >= 4 is 35.1 Å². The Morgan fingerprint density at radius 3 is 2.30 bits per heavy atom. The number of amides is 3. The van der Waals surface area contributed by atoms with Gasteiger partial charge in [0.25, 0.3) is 0 Å². The van der Waals surface area contributed by atoms with Crippen LogP contribution in [0.4, 0.5) is 11.4 Å². The van der Waals surface area contributed by atoms with Crippen molar-refractivity contribution in [1.82, 2.24) is 0 Å². The molecule has 0 radical (unpaired) electrons. The summed E-state index contributed by atoms with van der Waals surface area (Å²) in [6, 6.07) is 15.6. The fourth-order valence-corrected chi connectivity index (χ4v) is 4.88. The fourth-order valence-electron chi connectivity index (χ4n) is 4.88. The number of hydrogen-bond donors (Lipinski definition) is 0. The summed E-state index contributed by atoms with van der Waals surface area (Å²) < 4.78 is 5.50. The molecule has 3 amide bonds. The molecule has 3 aliphatic rings. The van der Waals surface area contributed by atoms with Crippen LogP contribution >= 0.6 is 0 Å². The van der Waals surface area contributed by atoms with Crippen LogP contribution in [-0.2, 0) is 19.2 Å². The molecule has 2 aromatic carbocycles. The van der Waals surface area contributed by atoms with Gasteiger partial charge in [-0.2, -0.15) is 0 Å². The van der Waals surface area contributed by atoms with Crippen molar-refractivity contribution in [1.29, 1.82) is 0 Å². The summed E-state index contributed by atoms with van der Waals surface area (Å²) in [5.74, 6) is -1.79. The number of carbonyl (C=O) groups excluding carboxylic acids is 4. The van der Waals surface area contributed by atoms with Gasteiger partial charge in [0.2, 0.25) is 17.7 Å². The number of nitrogens with zero attached hydrogens (tertiary/aromatic N) is 2. The van der Waals surface area contributed by atoms with Gasteiger partial charge in [0.05, 0.1) is 23.4 Å². The topological polar surface area (TPSA) is 84.0 Å². The first kappa shape index (κ1) is 21.1. The largest absolute Gasteiger partial charge is 0.426 e. The fraction of sp³-hybridized carbons (Fsp3) is 0.308. The van der Waals surface area contributed by atoms with E-state index < -0.39 is 11.9 Å². The highest BCUT2D eigenvalue weighted by molar-refractivity contribution is 6.22. The summed E-state index contributed by atoms with van der Waals surface area (Å²) in [6.07, 6.45) is 3.33. The van der Waals surface area contributed by atoms with Crippen molar-refractivity contribution in [2.75, 3.05) is 16.3 Å². The Hall–Kier alpha value is -3.74. The standard InChI is InChI=1S/C26H24N2O5/c1-16-7-12-21-22(13-16)25(31)28(24(21)30)19-8-10-20(11-9-19)33-26(32)17-14-23(29)27(15-17)18-5-3-2-4-6-18/h2-11,17,21-22H,12-15H2,1H3/t17-,21-,22-/m0/s1. The second-order valence-corrected chi connectivity index (χ2v) is 8.87. The van der Waals surface area contributed by atoms with Crippen molar-refractivity contribution in [3.63, 3.8) is 0 Å². The van der Waals surface area contributed by atoms with Gasteiger partial charge in [0.1, 0.15) is 5.75 Å². The first-order valence-corrected chi connectivity index (χ1v) is 11.1. The van der Waals surface area contributed by atoms with Gasteiger partial charge < -0.3 is 9.64 Å². The smallest absolute Gasteiger partial charge is 0.316 e. The lowest BCUT2D eigenvalue weighted by molar-refractivity contribution is -0.139. The number of esters is 1. The average Bonchev–Trinajstić information content (AvgIpc) is 3.32. The van der Waals surface area contributed by atoms with Crippen LogP contribution in [0, 0.1) is 17.8 Å². The van der Waals surface area contributed by atoms with Crippen LogP contribution in [0.15, 0.2) is 66.2 Å². The molecule has 2 fully saturated rings. The van der Waals surface area contributed by atoms with E-state index in [9.17, 15) is 19.2 Å². The van der Waals surface area contributed by atoms with Gasteiger partial charge in [-0.15, -0.1) is 0 Å². The third kappa shape index (κ3) is 3.84. The number of rotatable bonds is 4. The normalized spacial score (nSPS) is 24.7. The number of benzene rings is 2. The quantitative estimate of drug-likeness (QED) is 0.312.